The van der Waals surface area contributed by atoms with Crippen LogP contribution in [0.5, 0.6) is 0 Å². The van der Waals surface area contributed by atoms with Crippen LogP contribution in [-0.4, -0.2) is 0 Å². The van der Waals surface area contributed by atoms with Crippen molar-refractivity contribution in [1.29, 1.82) is 0 Å². The highest BCUT2D eigenvalue weighted by atomic mass is 14.4. The Morgan fingerprint density at radius 3 is 1.48 bits per heavy atom. The van der Waals surface area contributed by atoms with Gasteiger partial charge in [-0.05, 0) is 117 Å². The molecule has 8 aromatic rings. The molecule has 0 spiro atoms. The lowest BCUT2D eigenvalue weighted by atomic mass is 9.67. The number of hydrogen-bond donors (Lipinski definition) is 0. The van der Waals surface area contributed by atoms with Crippen LogP contribution >= 0.6 is 0 Å². The Bertz CT molecular complexity index is 2650. The Kier molecular flexibility index (Phi) is 5.50. The Balaban J connectivity index is 1.20. The third-order valence-corrected chi connectivity index (χ3v) is 11.7. The molecule has 228 valence electrons. The van der Waals surface area contributed by atoms with Crippen molar-refractivity contribution in [2.45, 2.75) is 38.5 Å². The van der Waals surface area contributed by atoms with E-state index < -0.39 is 0 Å². The molecule has 0 fully saturated rings. The fraction of sp³-hybridized carbons (Fsp3) is 0.125. The van der Waals surface area contributed by atoms with Crippen LogP contribution in [0.3, 0.4) is 0 Å². The summed E-state index contributed by atoms with van der Waals surface area (Å²) < 4.78 is 0. The summed E-state index contributed by atoms with van der Waals surface area (Å²) in [5.41, 5.74) is 16.0. The predicted octanol–water partition coefficient (Wildman–Crippen LogP) is 13.1. The van der Waals surface area contributed by atoms with Crippen LogP contribution in [-0.2, 0) is 10.8 Å². The molecule has 0 saturated heterocycles. The monoisotopic (exact) mass is 612 g/mol. The maximum atomic E-state index is 2.55. The van der Waals surface area contributed by atoms with E-state index in [0.29, 0.717) is 0 Å². The van der Waals surface area contributed by atoms with Gasteiger partial charge in [-0.2, -0.15) is 0 Å². The summed E-state index contributed by atoms with van der Waals surface area (Å²) in [6.45, 7) is 9.67. The van der Waals surface area contributed by atoms with Crippen molar-refractivity contribution in [3.63, 3.8) is 0 Å². The second kappa shape index (κ2) is 9.55. The fourth-order valence-electron chi connectivity index (χ4n) is 9.16. The number of benzene rings is 8. The maximum Gasteiger partial charge on any atom is 0.0159 e. The number of rotatable bonds is 2. The SMILES string of the molecule is CC1(C)c2cc(-c3cccc4ccccc34)ccc2-c2c1cc1c3c(cccc23)C(C)(C)c2cc(-c3cccc4ccccc34)ccc2-1. The third kappa shape index (κ3) is 3.61. The number of fused-ring (bicyclic) bond motifs is 8. The van der Waals surface area contributed by atoms with Gasteiger partial charge in [0.2, 0.25) is 0 Å². The van der Waals surface area contributed by atoms with E-state index in [1.54, 1.807) is 0 Å². The van der Waals surface area contributed by atoms with Crippen LogP contribution in [0.15, 0.2) is 146 Å². The largest absolute Gasteiger partial charge is 0.0616 e. The first-order valence-electron chi connectivity index (χ1n) is 17.2. The first kappa shape index (κ1) is 27.6. The molecule has 0 aromatic heterocycles. The topological polar surface area (TPSA) is 0 Å². The highest BCUT2D eigenvalue weighted by molar-refractivity contribution is 6.13. The molecule has 0 unspecified atom stereocenters. The molecule has 8 aromatic carbocycles. The Labute approximate surface area is 282 Å². The average Bonchev–Trinajstić information content (AvgIpc) is 3.35. The molecule has 0 amide bonds. The molecule has 0 heteroatoms. The zero-order chi connectivity index (χ0) is 32.4. The van der Waals surface area contributed by atoms with Crippen LogP contribution in [0.1, 0.15) is 49.9 Å². The summed E-state index contributed by atoms with van der Waals surface area (Å²) in [5, 5.41) is 7.96. The lowest BCUT2D eigenvalue weighted by molar-refractivity contribution is 0.644. The Morgan fingerprint density at radius 2 is 0.833 bits per heavy atom. The minimum atomic E-state index is -0.147. The summed E-state index contributed by atoms with van der Waals surface area (Å²) >= 11 is 0. The summed E-state index contributed by atoms with van der Waals surface area (Å²) in [5.74, 6) is 0. The second-order valence-electron chi connectivity index (χ2n) is 14.9. The summed E-state index contributed by atoms with van der Waals surface area (Å²) in [7, 11) is 0. The minimum Gasteiger partial charge on any atom is -0.0616 e. The molecule has 0 aliphatic heterocycles. The quantitative estimate of drug-likeness (QED) is 0.182. The Morgan fingerprint density at radius 1 is 0.333 bits per heavy atom. The molecular formula is C48H36. The third-order valence-electron chi connectivity index (χ3n) is 11.7. The first-order chi connectivity index (χ1) is 23.3. The van der Waals surface area contributed by atoms with Gasteiger partial charge in [0.15, 0.2) is 0 Å². The lowest BCUT2D eigenvalue weighted by Gasteiger charge is -2.36. The van der Waals surface area contributed by atoms with Crippen LogP contribution in [0.2, 0.25) is 0 Å². The molecule has 0 heterocycles. The van der Waals surface area contributed by atoms with E-state index >= 15 is 0 Å². The van der Waals surface area contributed by atoms with Crippen molar-refractivity contribution in [3.05, 3.63) is 168 Å². The van der Waals surface area contributed by atoms with Gasteiger partial charge in [0, 0.05) is 10.8 Å². The lowest BCUT2D eigenvalue weighted by Crippen LogP contribution is -2.24. The van der Waals surface area contributed by atoms with E-state index in [1.165, 1.54) is 99.1 Å². The normalized spacial score (nSPS) is 15.0. The van der Waals surface area contributed by atoms with E-state index in [-0.39, 0.29) is 10.8 Å². The van der Waals surface area contributed by atoms with Crippen molar-refractivity contribution < 1.29 is 0 Å². The van der Waals surface area contributed by atoms with Crippen LogP contribution < -0.4 is 0 Å². The summed E-state index contributed by atoms with van der Waals surface area (Å²) in [6.07, 6.45) is 0. The van der Waals surface area contributed by atoms with Gasteiger partial charge < -0.3 is 0 Å². The van der Waals surface area contributed by atoms with Gasteiger partial charge in [0.1, 0.15) is 0 Å². The Hall–Kier alpha value is -5.46. The van der Waals surface area contributed by atoms with Gasteiger partial charge in [-0.15, -0.1) is 0 Å². The molecular weight excluding hydrogens is 577 g/mol. The van der Waals surface area contributed by atoms with Crippen LogP contribution in [0, 0.1) is 0 Å². The van der Waals surface area contributed by atoms with E-state index in [0.717, 1.165) is 0 Å². The first-order valence-corrected chi connectivity index (χ1v) is 17.2. The molecule has 0 bridgehead atoms. The van der Waals surface area contributed by atoms with Crippen molar-refractivity contribution in [1.82, 2.24) is 0 Å². The minimum absolute atomic E-state index is 0.137. The zero-order valence-electron chi connectivity index (χ0n) is 27.9. The smallest absolute Gasteiger partial charge is 0.0159 e. The molecule has 0 saturated carbocycles. The average molecular weight is 613 g/mol. The maximum absolute atomic E-state index is 2.55. The van der Waals surface area contributed by atoms with E-state index in [9.17, 15) is 0 Å². The van der Waals surface area contributed by atoms with Crippen molar-refractivity contribution in [2.75, 3.05) is 0 Å². The summed E-state index contributed by atoms with van der Waals surface area (Å²) in [6, 6.07) is 54.8. The molecule has 0 atom stereocenters. The van der Waals surface area contributed by atoms with Crippen molar-refractivity contribution in [2.24, 2.45) is 0 Å². The second-order valence-corrected chi connectivity index (χ2v) is 14.9. The van der Waals surface area contributed by atoms with Crippen LogP contribution in [0.4, 0.5) is 0 Å². The van der Waals surface area contributed by atoms with E-state index in [4.69, 9.17) is 0 Å². The van der Waals surface area contributed by atoms with Crippen molar-refractivity contribution in [3.8, 4) is 44.5 Å². The molecule has 2 aliphatic rings. The zero-order valence-corrected chi connectivity index (χ0v) is 27.9. The standard InChI is InChI=1S/C48H36/c1-47(2)41-21-11-20-39-45-38-25-23-32(36-19-10-15-30-13-6-8-17-34(30)36)27-43(38)48(3,4)44(45)28-40(46(39)41)37-24-22-31(26-42(37)47)35-18-9-14-29-12-5-7-16-33(29)35/h5-28H,1-4H3. The summed E-state index contributed by atoms with van der Waals surface area (Å²) in [4.78, 5) is 0. The molecule has 0 radical (unpaired) electrons. The van der Waals surface area contributed by atoms with Gasteiger partial charge in [0.05, 0.1) is 0 Å². The van der Waals surface area contributed by atoms with Gasteiger partial charge in [-0.3, -0.25) is 0 Å². The molecule has 10 rings (SSSR count). The molecule has 2 aliphatic carbocycles. The van der Waals surface area contributed by atoms with E-state index in [1.807, 2.05) is 0 Å². The van der Waals surface area contributed by atoms with Gasteiger partial charge in [-0.1, -0.05) is 155 Å². The van der Waals surface area contributed by atoms with Crippen LogP contribution in [0.25, 0.3) is 76.8 Å². The fourth-order valence-corrected chi connectivity index (χ4v) is 9.16. The predicted molar refractivity (Wildman–Crippen MR) is 205 cm³/mol. The highest BCUT2D eigenvalue weighted by Crippen LogP contribution is 2.58. The molecule has 0 nitrogen and oxygen atoms in total. The van der Waals surface area contributed by atoms with Crippen molar-refractivity contribution >= 4 is 32.3 Å². The van der Waals surface area contributed by atoms with Gasteiger partial charge in [0.25, 0.3) is 0 Å². The van der Waals surface area contributed by atoms with Gasteiger partial charge in [-0.25, -0.2) is 0 Å². The molecule has 0 N–H and O–H groups in total. The molecule has 48 heavy (non-hydrogen) atoms. The number of hydrogen-bond acceptors (Lipinski definition) is 0. The highest BCUT2D eigenvalue weighted by Gasteiger charge is 2.41. The van der Waals surface area contributed by atoms with E-state index in [2.05, 4.69) is 173 Å². The van der Waals surface area contributed by atoms with Gasteiger partial charge >= 0.3 is 0 Å².